The quantitative estimate of drug-likeness (QED) is 0.579. The van der Waals surface area contributed by atoms with Crippen LogP contribution in [0.4, 0.5) is 5.69 Å². The van der Waals surface area contributed by atoms with Gasteiger partial charge in [-0.3, -0.25) is 4.72 Å². The van der Waals surface area contributed by atoms with E-state index in [0.717, 1.165) is 10.7 Å². The molecular formula is C22H18N2O4S2. The van der Waals surface area contributed by atoms with Gasteiger partial charge in [-0.15, -0.1) is 11.3 Å². The largest absolute Gasteiger partial charge is 0.478 e. The number of nitrogens with one attached hydrogen (secondary N) is 1. The molecule has 152 valence electrons. The number of rotatable bonds is 5. The lowest BCUT2D eigenvalue weighted by molar-refractivity contribution is 0.0696. The average molecular weight is 439 g/mol. The van der Waals surface area contributed by atoms with Crippen molar-refractivity contribution in [3.8, 4) is 11.8 Å². The van der Waals surface area contributed by atoms with Gasteiger partial charge in [-0.2, -0.15) is 0 Å². The summed E-state index contributed by atoms with van der Waals surface area (Å²) in [5.41, 5.74) is 2.18. The zero-order valence-electron chi connectivity index (χ0n) is 15.8. The molecule has 1 aromatic heterocycles. The number of aromatic nitrogens is 1. The van der Waals surface area contributed by atoms with Crippen molar-refractivity contribution in [3.63, 3.8) is 0 Å². The van der Waals surface area contributed by atoms with Gasteiger partial charge in [-0.1, -0.05) is 18.4 Å². The summed E-state index contributed by atoms with van der Waals surface area (Å²) in [5, 5.41) is 11.8. The van der Waals surface area contributed by atoms with E-state index in [9.17, 15) is 13.2 Å². The fourth-order valence-corrected chi connectivity index (χ4v) is 4.81. The van der Waals surface area contributed by atoms with Gasteiger partial charge in [-0.05, 0) is 61.2 Å². The molecule has 0 radical (unpaired) electrons. The predicted octanol–water partition coefficient (Wildman–Crippen LogP) is 4.31. The lowest BCUT2D eigenvalue weighted by Gasteiger charge is -2.22. The lowest BCUT2D eigenvalue weighted by Crippen LogP contribution is -2.13. The molecule has 8 heteroatoms. The second-order valence-corrected chi connectivity index (χ2v) is 9.51. The molecule has 6 nitrogen and oxygen atoms in total. The van der Waals surface area contributed by atoms with Crippen LogP contribution in [-0.2, 0) is 10.0 Å². The molecular weight excluding hydrogens is 420 g/mol. The molecule has 0 spiro atoms. The van der Waals surface area contributed by atoms with Crippen LogP contribution in [0.1, 0.15) is 51.8 Å². The van der Waals surface area contributed by atoms with Gasteiger partial charge in [0.15, 0.2) is 5.01 Å². The molecule has 1 heterocycles. The van der Waals surface area contributed by atoms with Crippen molar-refractivity contribution in [2.75, 3.05) is 4.72 Å². The number of thiazole rings is 1. The van der Waals surface area contributed by atoms with Gasteiger partial charge in [0.25, 0.3) is 10.0 Å². The highest BCUT2D eigenvalue weighted by molar-refractivity contribution is 7.92. The van der Waals surface area contributed by atoms with Gasteiger partial charge in [0.05, 0.1) is 21.8 Å². The highest BCUT2D eigenvalue weighted by Gasteiger charge is 2.21. The number of carbonyl (C=O) groups is 1. The van der Waals surface area contributed by atoms with Crippen LogP contribution < -0.4 is 4.72 Å². The van der Waals surface area contributed by atoms with Crippen LogP contribution >= 0.6 is 11.3 Å². The molecule has 0 saturated heterocycles. The number of aromatic carboxylic acids is 1. The molecule has 0 unspecified atom stereocenters. The molecule has 0 bridgehead atoms. The second-order valence-electron chi connectivity index (χ2n) is 6.97. The molecule has 0 amide bonds. The van der Waals surface area contributed by atoms with Crippen molar-refractivity contribution in [2.24, 2.45) is 0 Å². The van der Waals surface area contributed by atoms with E-state index in [1.54, 1.807) is 24.3 Å². The summed E-state index contributed by atoms with van der Waals surface area (Å²) in [6.45, 7) is 0. The van der Waals surface area contributed by atoms with Gasteiger partial charge in [0.2, 0.25) is 0 Å². The smallest absolute Gasteiger partial charge is 0.335 e. The Hall–Kier alpha value is -3.15. The van der Waals surface area contributed by atoms with E-state index in [4.69, 9.17) is 5.11 Å². The molecule has 4 rings (SSSR count). The number of hydrogen-bond donors (Lipinski definition) is 2. The SMILES string of the molecule is O=C(O)c1ccc(S(=O)(=O)Nc2cccc(C#Cc3nc(C4CCC4)cs3)c2)cc1. The Kier molecular flexibility index (Phi) is 5.57. The summed E-state index contributed by atoms with van der Waals surface area (Å²) in [5.74, 6) is 5.54. The van der Waals surface area contributed by atoms with Gasteiger partial charge in [0.1, 0.15) is 0 Å². The number of anilines is 1. The molecule has 1 saturated carbocycles. The van der Waals surface area contributed by atoms with Crippen LogP contribution in [0, 0.1) is 11.8 Å². The van der Waals surface area contributed by atoms with Crippen LogP contribution in [0.2, 0.25) is 0 Å². The van der Waals surface area contributed by atoms with Crippen molar-refractivity contribution in [1.82, 2.24) is 4.98 Å². The van der Waals surface area contributed by atoms with Crippen LogP contribution in [0.5, 0.6) is 0 Å². The maximum atomic E-state index is 12.6. The summed E-state index contributed by atoms with van der Waals surface area (Å²) in [7, 11) is -3.84. The average Bonchev–Trinajstić information content (AvgIpc) is 3.13. The zero-order valence-corrected chi connectivity index (χ0v) is 17.5. The number of carboxylic acid groups (broad SMARTS) is 1. The standard InChI is InChI=1S/C22H18N2O4S2/c25-22(26)17-8-10-19(11-9-17)30(27,28)24-18-6-1-3-15(13-18)7-12-21-23-20(14-29-21)16-4-2-5-16/h1,3,6,8-11,13-14,16,24H,2,4-5H2,(H,25,26). The molecule has 0 atom stereocenters. The van der Waals surface area contributed by atoms with E-state index >= 15 is 0 Å². The molecule has 1 aliphatic carbocycles. The van der Waals surface area contributed by atoms with Gasteiger partial charge < -0.3 is 5.11 Å². The van der Waals surface area contributed by atoms with Crippen LogP contribution in [0.15, 0.2) is 58.8 Å². The van der Waals surface area contributed by atoms with Crippen molar-refractivity contribution < 1.29 is 18.3 Å². The molecule has 1 fully saturated rings. The normalized spacial score (nSPS) is 13.7. The van der Waals surface area contributed by atoms with Crippen molar-refractivity contribution in [3.05, 3.63) is 75.7 Å². The van der Waals surface area contributed by atoms with Crippen molar-refractivity contribution >= 4 is 33.0 Å². The first-order valence-corrected chi connectivity index (χ1v) is 11.7. The number of sulfonamides is 1. The lowest BCUT2D eigenvalue weighted by atomic mass is 9.83. The summed E-state index contributed by atoms with van der Waals surface area (Å²) in [4.78, 5) is 15.5. The van der Waals surface area contributed by atoms with E-state index < -0.39 is 16.0 Å². The summed E-state index contributed by atoms with van der Waals surface area (Å²) in [6.07, 6.45) is 3.64. The van der Waals surface area contributed by atoms with Gasteiger partial charge in [0, 0.05) is 16.9 Å². The van der Waals surface area contributed by atoms with E-state index in [1.807, 2.05) is 0 Å². The fourth-order valence-electron chi connectivity index (χ4n) is 3.01. The molecule has 30 heavy (non-hydrogen) atoms. The van der Waals surface area contributed by atoms with E-state index in [2.05, 4.69) is 26.9 Å². The van der Waals surface area contributed by atoms with E-state index in [-0.39, 0.29) is 10.5 Å². The third-order valence-electron chi connectivity index (χ3n) is 4.89. The van der Waals surface area contributed by atoms with Gasteiger partial charge in [-0.25, -0.2) is 18.2 Å². The summed E-state index contributed by atoms with van der Waals surface area (Å²) >= 11 is 1.52. The first kappa shape index (κ1) is 20.1. The van der Waals surface area contributed by atoms with Crippen molar-refractivity contribution in [1.29, 1.82) is 0 Å². The second kappa shape index (κ2) is 8.30. The van der Waals surface area contributed by atoms with Crippen molar-refractivity contribution in [2.45, 2.75) is 30.1 Å². The molecule has 1 aliphatic rings. The van der Waals surface area contributed by atoms with Crippen LogP contribution in [-0.4, -0.2) is 24.5 Å². The van der Waals surface area contributed by atoms with Gasteiger partial charge >= 0.3 is 5.97 Å². The number of benzene rings is 2. The Bertz CT molecular complexity index is 1250. The summed E-state index contributed by atoms with van der Waals surface area (Å²) in [6, 6.07) is 11.8. The number of carboxylic acids is 1. The van der Waals surface area contributed by atoms with E-state index in [0.29, 0.717) is 17.2 Å². The fraction of sp³-hybridized carbons (Fsp3) is 0.182. The summed E-state index contributed by atoms with van der Waals surface area (Å²) < 4.78 is 27.6. The maximum Gasteiger partial charge on any atom is 0.335 e. The Morgan fingerprint density at radius 2 is 1.90 bits per heavy atom. The van der Waals surface area contributed by atoms with Crippen LogP contribution in [0.3, 0.4) is 0 Å². The number of nitrogens with zero attached hydrogens (tertiary/aromatic N) is 1. The van der Waals surface area contributed by atoms with Crippen LogP contribution in [0.25, 0.3) is 0 Å². The molecule has 2 aromatic carbocycles. The topological polar surface area (TPSA) is 96.4 Å². The van der Waals surface area contributed by atoms with E-state index in [1.165, 1.54) is 54.9 Å². The maximum absolute atomic E-state index is 12.6. The highest BCUT2D eigenvalue weighted by Crippen LogP contribution is 2.36. The third-order valence-corrected chi connectivity index (χ3v) is 7.06. The predicted molar refractivity (Wildman–Crippen MR) is 115 cm³/mol. The zero-order chi connectivity index (χ0) is 21.1. The molecule has 2 N–H and O–H groups in total. The minimum absolute atomic E-state index is 0.0182. The first-order chi connectivity index (χ1) is 14.4. The highest BCUT2D eigenvalue weighted by atomic mass is 32.2. The minimum Gasteiger partial charge on any atom is -0.478 e. The third kappa shape index (κ3) is 4.53. The Labute approximate surface area is 178 Å². The molecule has 0 aliphatic heterocycles. The number of hydrogen-bond acceptors (Lipinski definition) is 5. The Morgan fingerprint density at radius 1 is 1.13 bits per heavy atom. The minimum atomic E-state index is -3.84. The Morgan fingerprint density at radius 3 is 2.57 bits per heavy atom. The Balaban J connectivity index is 1.49. The molecule has 3 aromatic rings. The first-order valence-electron chi connectivity index (χ1n) is 9.34. The monoisotopic (exact) mass is 438 g/mol.